The summed E-state index contributed by atoms with van der Waals surface area (Å²) < 4.78 is 44.8. The Morgan fingerprint density at radius 3 is 2.36 bits per heavy atom. The molecule has 0 aliphatic carbocycles. The standard InChI is InChI=1S/C30H33ClN4O8S/c1-18-14-35(19(2)16-36)29(37)24-12-21(32-30(38)33-22-7-11-26-27(13-22)42-17-41-26)6-10-25(24)43-28(18)15-34(3)44(39,40)23-8-4-20(31)5-9-23/h4-13,18-19,28,36H,14-17H2,1-3H3,(H2,32,33,38)/t18-,19+,28-/m0/s1. The van der Waals surface area contributed by atoms with Crippen LogP contribution in [0.15, 0.2) is 65.6 Å². The molecule has 44 heavy (non-hydrogen) atoms. The predicted molar refractivity (Wildman–Crippen MR) is 164 cm³/mol. The van der Waals surface area contributed by atoms with E-state index in [1.54, 1.807) is 37.3 Å². The third-order valence-electron chi connectivity index (χ3n) is 7.51. The molecule has 3 atom stereocenters. The van der Waals surface area contributed by atoms with Gasteiger partial charge in [-0.25, -0.2) is 13.2 Å². The van der Waals surface area contributed by atoms with Crippen LogP contribution in [0.5, 0.6) is 17.2 Å². The third-order valence-corrected chi connectivity index (χ3v) is 9.60. The number of anilines is 2. The van der Waals surface area contributed by atoms with E-state index in [1.807, 2.05) is 6.92 Å². The van der Waals surface area contributed by atoms with Crippen molar-refractivity contribution in [3.63, 3.8) is 0 Å². The molecule has 234 valence electrons. The molecule has 0 unspecified atom stereocenters. The lowest BCUT2D eigenvalue weighted by Gasteiger charge is -2.38. The predicted octanol–water partition coefficient (Wildman–Crippen LogP) is 4.25. The lowest BCUT2D eigenvalue weighted by atomic mass is 9.99. The number of nitrogens with one attached hydrogen (secondary N) is 2. The summed E-state index contributed by atoms with van der Waals surface area (Å²) in [7, 11) is -2.40. The molecule has 3 N–H and O–H groups in total. The fourth-order valence-corrected chi connectivity index (χ4v) is 6.23. The van der Waals surface area contributed by atoms with Crippen LogP contribution in [0.1, 0.15) is 24.2 Å². The van der Waals surface area contributed by atoms with Gasteiger partial charge >= 0.3 is 6.03 Å². The monoisotopic (exact) mass is 644 g/mol. The van der Waals surface area contributed by atoms with Crippen LogP contribution in [0.3, 0.4) is 0 Å². The topological polar surface area (TPSA) is 147 Å². The van der Waals surface area contributed by atoms with E-state index in [0.29, 0.717) is 27.9 Å². The lowest BCUT2D eigenvalue weighted by molar-refractivity contribution is 0.0387. The maximum atomic E-state index is 13.7. The molecule has 2 aliphatic rings. The van der Waals surface area contributed by atoms with Crippen LogP contribution in [0.4, 0.5) is 16.2 Å². The molecule has 0 saturated heterocycles. The van der Waals surface area contributed by atoms with Gasteiger partial charge in [-0.05, 0) is 61.5 Å². The number of nitrogens with zero attached hydrogens (tertiary/aromatic N) is 2. The summed E-state index contributed by atoms with van der Waals surface area (Å²) in [6.45, 7) is 3.59. The van der Waals surface area contributed by atoms with Gasteiger partial charge in [0.15, 0.2) is 11.5 Å². The highest BCUT2D eigenvalue weighted by atomic mass is 35.5. The van der Waals surface area contributed by atoms with E-state index in [2.05, 4.69) is 10.6 Å². The number of carbonyl (C=O) groups excluding carboxylic acids is 2. The summed E-state index contributed by atoms with van der Waals surface area (Å²) in [5.41, 5.74) is 0.962. The zero-order valence-corrected chi connectivity index (χ0v) is 25.9. The molecule has 3 aromatic rings. The molecule has 14 heteroatoms. The molecule has 0 spiro atoms. The Hall–Kier alpha value is -4.04. The highest BCUT2D eigenvalue weighted by molar-refractivity contribution is 7.89. The molecule has 2 heterocycles. The quantitative estimate of drug-likeness (QED) is 0.330. The highest BCUT2D eigenvalue weighted by Crippen LogP contribution is 2.35. The van der Waals surface area contributed by atoms with Crippen molar-refractivity contribution >= 4 is 44.9 Å². The molecule has 0 fully saturated rings. The van der Waals surface area contributed by atoms with Crippen LogP contribution in [-0.2, 0) is 10.0 Å². The first kappa shape index (κ1) is 31.4. The number of benzene rings is 3. The minimum Gasteiger partial charge on any atom is -0.488 e. The number of rotatable bonds is 8. The second-order valence-electron chi connectivity index (χ2n) is 10.7. The second-order valence-corrected chi connectivity index (χ2v) is 13.2. The van der Waals surface area contributed by atoms with Gasteiger partial charge in [0.2, 0.25) is 16.8 Å². The van der Waals surface area contributed by atoms with Crippen molar-refractivity contribution in [1.29, 1.82) is 0 Å². The highest BCUT2D eigenvalue weighted by Gasteiger charge is 2.35. The van der Waals surface area contributed by atoms with E-state index in [4.69, 9.17) is 25.8 Å². The summed E-state index contributed by atoms with van der Waals surface area (Å²) in [6, 6.07) is 14.4. The van der Waals surface area contributed by atoms with Crippen molar-refractivity contribution in [2.45, 2.75) is 30.9 Å². The van der Waals surface area contributed by atoms with E-state index in [1.165, 1.54) is 46.6 Å². The zero-order chi connectivity index (χ0) is 31.6. The summed E-state index contributed by atoms with van der Waals surface area (Å²) in [4.78, 5) is 28.2. The van der Waals surface area contributed by atoms with E-state index < -0.39 is 34.1 Å². The lowest BCUT2D eigenvalue weighted by Crippen LogP contribution is -2.50. The fraction of sp³-hybridized carbons (Fsp3) is 0.333. The van der Waals surface area contributed by atoms with Gasteiger partial charge in [0.1, 0.15) is 11.9 Å². The summed E-state index contributed by atoms with van der Waals surface area (Å²) >= 11 is 5.94. The number of likely N-dealkylation sites (N-methyl/N-ethyl adjacent to an activating group) is 1. The van der Waals surface area contributed by atoms with Crippen molar-refractivity contribution in [2.75, 3.05) is 44.2 Å². The first-order chi connectivity index (χ1) is 21.0. The van der Waals surface area contributed by atoms with Crippen molar-refractivity contribution in [1.82, 2.24) is 9.21 Å². The zero-order valence-electron chi connectivity index (χ0n) is 24.3. The molecule has 5 rings (SSSR count). The van der Waals surface area contributed by atoms with Gasteiger partial charge in [-0.15, -0.1) is 0 Å². The van der Waals surface area contributed by atoms with Crippen molar-refractivity contribution in [3.05, 3.63) is 71.2 Å². The average molecular weight is 645 g/mol. The van der Waals surface area contributed by atoms with Gasteiger partial charge in [-0.3, -0.25) is 4.79 Å². The Labute approximate surface area is 260 Å². The first-order valence-electron chi connectivity index (χ1n) is 13.9. The van der Waals surface area contributed by atoms with Crippen molar-refractivity contribution in [3.8, 4) is 17.2 Å². The Kier molecular flexibility index (Phi) is 9.20. The van der Waals surface area contributed by atoms with Crippen LogP contribution in [0.25, 0.3) is 0 Å². The Balaban J connectivity index is 1.38. The van der Waals surface area contributed by atoms with Crippen LogP contribution >= 0.6 is 11.6 Å². The van der Waals surface area contributed by atoms with E-state index in [0.717, 1.165) is 0 Å². The Morgan fingerprint density at radius 1 is 1.05 bits per heavy atom. The van der Waals surface area contributed by atoms with Gasteiger partial charge in [-0.1, -0.05) is 18.5 Å². The largest absolute Gasteiger partial charge is 0.488 e. The Bertz CT molecular complexity index is 1650. The minimum atomic E-state index is -3.87. The number of urea groups is 1. The molecule has 0 radical (unpaired) electrons. The molecule has 3 amide bonds. The SMILES string of the molecule is C[C@H](CO)N1C[C@H](C)[C@H](CN(C)S(=O)(=O)c2ccc(Cl)cc2)Oc2ccc(NC(=O)Nc3ccc4c(c3)OCO4)cc2C1=O. The molecule has 12 nitrogen and oxygen atoms in total. The van der Waals surface area contributed by atoms with E-state index in [-0.39, 0.29) is 48.6 Å². The van der Waals surface area contributed by atoms with Crippen molar-refractivity contribution < 1.29 is 37.3 Å². The third kappa shape index (κ3) is 6.70. The number of halogens is 1. The van der Waals surface area contributed by atoms with Gasteiger partial charge in [0.25, 0.3) is 5.91 Å². The number of hydrogen-bond acceptors (Lipinski definition) is 8. The molecular weight excluding hydrogens is 612 g/mol. The minimum absolute atomic E-state index is 0.0148. The second kappa shape index (κ2) is 12.9. The van der Waals surface area contributed by atoms with Crippen LogP contribution in [-0.4, -0.2) is 80.4 Å². The normalized spacial score (nSPS) is 18.6. The number of fused-ring (bicyclic) bond motifs is 2. The number of carbonyl (C=O) groups is 2. The first-order valence-corrected chi connectivity index (χ1v) is 15.7. The summed E-state index contributed by atoms with van der Waals surface area (Å²) in [6.07, 6.45) is -0.657. The maximum Gasteiger partial charge on any atom is 0.323 e. The number of amides is 3. The summed E-state index contributed by atoms with van der Waals surface area (Å²) in [5, 5.41) is 15.8. The van der Waals surface area contributed by atoms with Gasteiger partial charge in [0, 0.05) is 42.0 Å². The van der Waals surface area contributed by atoms with Crippen LogP contribution in [0, 0.1) is 5.92 Å². The number of aliphatic hydroxyl groups is 1. The Morgan fingerprint density at radius 2 is 1.68 bits per heavy atom. The number of aliphatic hydroxyl groups excluding tert-OH is 1. The van der Waals surface area contributed by atoms with Crippen LogP contribution < -0.4 is 24.8 Å². The number of hydrogen-bond donors (Lipinski definition) is 3. The smallest absolute Gasteiger partial charge is 0.323 e. The molecular formula is C30H33ClN4O8S. The molecule has 0 aromatic heterocycles. The van der Waals surface area contributed by atoms with Crippen molar-refractivity contribution in [2.24, 2.45) is 5.92 Å². The number of sulfonamides is 1. The average Bonchev–Trinajstić information content (AvgIpc) is 3.47. The maximum absolute atomic E-state index is 13.7. The van der Waals surface area contributed by atoms with Gasteiger partial charge in [0.05, 0.1) is 29.7 Å². The van der Waals surface area contributed by atoms with Gasteiger partial charge in [-0.2, -0.15) is 4.31 Å². The molecule has 3 aromatic carbocycles. The molecule has 0 bridgehead atoms. The molecule has 2 aliphatic heterocycles. The van der Waals surface area contributed by atoms with Gasteiger partial charge < -0.3 is 34.9 Å². The van der Waals surface area contributed by atoms with E-state index >= 15 is 0 Å². The fourth-order valence-electron chi connectivity index (χ4n) is 4.92. The van der Waals surface area contributed by atoms with E-state index in [9.17, 15) is 23.1 Å². The summed E-state index contributed by atoms with van der Waals surface area (Å²) in [5.74, 6) is 0.614. The van der Waals surface area contributed by atoms with Crippen LogP contribution in [0.2, 0.25) is 5.02 Å². The molecule has 0 saturated carbocycles. The number of ether oxygens (including phenoxy) is 3.